The van der Waals surface area contributed by atoms with Crippen LogP contribution in [0.4, 0.5) is 8.78 Å². The molecule has 2 rings (SSSR count). The van der Waals surface area contributed by atoms with E-state index in [1.165, 1.54) is 12.1 Å². The number of benzene rings is 2. The summed E-state index contributed by atoms with van der Waals surface area (Å²) in [6.07, 6.45) is 0. The van der Waals surface area contributed by atoms with E-state index in [1.807, 2.05) is 32.9 Å². The van der Waals surface area contributed by atoms with Crippen molar-refractivity contribution in [3.8, 4) is 22.6 Å². The first kappa shape index (κ1) is 15.3. The minimum absolute atomic E-state index is 0.267. The fourth-order valence-corrected chi connectivity index (χ4v) is 2.22. The second kappa shape index (κ2) is 6.57. The normalized spacial score (nSPS) is 10.5. The highest BCUT2D eigenvalue weighted by molar-refractivity contribution is 5.78. The molecule has 0 radical (unpaired) electrons. The van der Waals surface area contributed by atoms with E-state index in [4.69, 9.17) is 9.47 Å². The van der Waals surface area contributed by atoms with E-state index < -0.39 is 11.6 Å². The Kier molecular flexibility index (Phi) is 4.78. The van der Waals surface area contributed by atoms with Crippen molar-refractivity contribution in [1.29, 1.82) is 0 Å². The molecule has 0 amide bonds. The van der Waals surface area contributed by atoms with Crippen LogP contribution in [0.2, 0.25) is 0 Å². The van der Waals surface area contributed by atoms with Crippen molar-refractivity contribution in [2.24, 2.45) is 0 Å². The molecular formula is C17H18F2O2. The molecule has 0 unspecified atom stereocenters. The maximum absolute atomic E-state index is 14.1. The molecule has 21 heavy (non-hydrogen) atoms. The van der Waals surface area contributed by atoms with Gasteiger partial charge < -0.3 is 9.47 Å². The molecule has 0 spiro atoms. The molecule has 0 N–H and O–H groups in total. The number of hydrogen-bond donors (Lipinski definition) is 0. The topological polar surface area (TPSA) is 18.5 Å². The third kappa shape index (κ3) is 3.32. The zero-order valence-electron chi connectivity index (χ0n) is 12.4. The number of rotatable bonds is 5. The second-order valence-corrected chi connectivity index (χ2v) is 4.63. The van der Waals surface area contributed by atoms with Crippen LogP contribution in [-0.4, -0.2) is 13.2 Å². The van der Waals surface area contributed by atoms with Crippen LogP contribution in [0.3, 0.4) is 0 Å². The Balaban J connectivity index is 2.68. The van der Waals surface area contributed by atoms with E-state index in [2.05, 4.69) is 0 Å². The molecule has 0 heterocycles. The molecule has 112 valence electrons. The van der Waals surface area contributed by atoms with Crippen molar-refractivity contribution in [1.82, 2.24) is 0 Å². The van der Waals surface area contributed by atoms with Gasteiger partial charge in [0.2, 0.25) is 0 Å². The summed E-state index contributed by atoms with van der Waals surface area (Å²) in [6, 6.07) is 7.14. The van der Waals surface area contributed by atoms with Crippen LogP contribution in [0.25, 0.3) is 11.1 Å². The first-order chi connectivity index (χ1) is 10.1. The Morgan fingerprint density at radius 1 is 0.905 bits per heavy atom. The summed E-state index contributed by atoms with van der Waals surface area (Å²) in [7, 11) is 0. The first-order valence-electron chi connectivity index (χ1n) is 6.92. The average Bonchev–Trinajstić information content (AvgIpc) is 2.41. The summed E-state index contributed by atoms with van der Waals surface area (Å²) in [5, 5.41) is 0. The monoisotopic (exact) mass is 292 g/mol. The largest absolute Gasteiger partial charge is 0.493 e. The molecule has 0 fully saturated rings. The van der Waals surface area contributed by atoms with Crippen molar-refractivity contribution < 1.29 is 18.3 Å². The number of aryl methyl sites for hydroxylation is 1. The Hall–Kier alpha value is -2.10. The van der Waals surface area contributed by atoms with E-state index in [1.54, 1.807) is 0 Å². The molecule has 4 heteroatoms. The van der Waals surface area contributed by atoms with Gasteiger partial charge in [-0.15, -0.1) is 0 Å². The van der Waals surface area contributed by atoms with Crippen molar-refractivity contribution in [2.75, 3.05) is 13.2 Å². The molecule has 0 bridgehead atoms. The van der Waals surface area contributed by atoms with Gasteiger partial charge in [-0.3, -0.25) is 0 Å². The van der Waals surface area contributed by atoms with Crippen LogP contribution >= 0.6 is 0 Å². The van der Waals surface area contributed by atoms with E-state index >= 15 is 0 Å². The quantitative estimate of drug-likeness (QED) is 0.792. The summed E-state index contributed by atoms with van der Waals surface area (Å²) in [4.78, 5) is 0. The van der Waals surface area contributed by atoms with E-state index in [0.717, 1.165) is 11.6 Å². The summed E-state index contributed by atoms with van der Waals surface area (Å²) in [5.74, 6) is -0.182. The lowest BCUT2D eigenvalue weighted by molar-refractivity contribution is 0.325. The van der Waals surface area contributed by atoms with Gasteiger partial charge in [-0.2, -0.15) is 0 Å². The average molecular weight is 292 g/mol. The molecule has 0 aromatic heterocycles. The molecule has 0 aliphatic heterocycles. The third-order valence-electron chi connectivity index (χ3n) is 3.01. The maximum atomic E-state index is 14.1. The lowest BCUT2D eigenvalue weighted by Gasteiger charge is -2.17. The second-order valence-electron chi connectivity index (χ2n) is 4.63. The Morgan fingerprint density at radius 2 is 1.48 bits per heavy atom. The predicted octanol–water partition coefficient (Wildman–Crippen LogP) is 4.74. The summed E-state index contributed by atoms with van der Waals surface area (Å²) < 4.78 is 38.5. The molecule has 0 aliphatic rings. The SMILES string of the molecule is CCOc1cc(C)cc(OCC)c1-c1ccc(F)cc1F. The molecule has 2 aromatic carbocycles. The molecule has 2 nitrogen and oxygen atoms in total. The van der Waals surface area contributed by atoms with Crippen molar-refractivity contribution in [2.45, 2.75) is 20.8 Å². The van der Waals surface area contributed by atoms with Gasteiger partial charge in [0, 0.05) is 11.6 Å². The number of ether oxygens (including phenoxy) is 2. The number of hydrogen-bond acceptors (Lipinski definition) is 2. The Morgan fingerprint density at radius 3 is 1.95 bits per heavy atom. The van der Waals surface area contributed by atoms with E-state index in [-0.39, 0.29) is 5.56 Å². The lowest BCUT2D eigenvalue weighted by atomic mass is 10.0. The van der Waals surface area contributed by atoms with Gasteiger partial charge >= 0.3 is 0 Å². The highest BCUT2D eigenvalue weighted by Gasteiger charge is 2.18. The zero-order valence-corrected chi connectivity index (χ0v) is 12.4. The Labute approximate surface area is 123 Å². The number of halogens is 2. The van der Waals surface area contributed by atoms with Gasteiger partial charge in [-0.1, -0.05) is 0 Å². The maximum Gasteiger partial charge on any atom is 0.134 e. The zero-order chi connectivity index (χ0) is 15.4. The van der Waals surface area contributed by atoms with Gasteiger partial charge in [0.15, 0.2) is 0 Å². The highest BCUT2D eigenvalue weighted by atomic mass is 19.1. The summed E-state index contributed by atoms with van der Waals surface area (Å²) in [5.41, 5.74) is 1.73. The first-order valence-corrected chi connectivity index (χ1v) is 6.92. The standard InChI is InChI=1S/C17H18F2O2/c1-4-20-15-8-11(3)9-16(21-5-2)17(15)13-7-6-12(18)10-14(13)19/h6-10H,4-5H2,1-3H3. The van der Waals surface area contributed by atoms with Gasteiger partial charge in [-0.25, -0.2) is 8.78 Å². The van der Waals surface area contributed by atoms with Crippen molar-refractivity contribution >= 4 is 0 Å². The predicted molar refractivity (Wildman–Crippen MR) is 78.9 cm³/mol. The molecule has 0 saturated carbocycles. The van der Waals surface area contributed by atoms with Crippen LogP contribution in [0.5, 0.6) is 11.5 Å². The van der Waals surface area contributed by atoms with Crippen LogP contribution < -0.4 is 9.47 Å². The van der Waals surface area contributed by atoms with Crippen LogP contribution in [-0.2, 0) is 0 Å². The molecular weight excluding hydrogens is 274 g/mol. The van der Waals surface area contributed by atoms with Crippen molar-refractivity contribution in [3.63, 3.8) is 0 Å². The molecule has 0 aliphatic carbocycles. The molecule has 2 aromatic rings. The van der Waals surface area contributed by atoms with E-state index in [0.29, 0.717) is 30.3 Å². The van der Waals surface area contributed by atoms with Crippen LogP contribution in [0.1, 0.15) is 19.4 Å². The Bertz CT molecular complexity index is 612. The van der Waals surface area contributed by atoms with Crippen LogP contribution in [0, 0.1) is 18.6 Å². The molecule has 0 saturated heterocycles. The minimum Gasteiger partial charge on any atom is -0.493 e. The third-order valence-corrected chi connectivity index (χ3v) is 3.01. The fourth-order valence-electron chi connectivity index (χ4n) is 2.22. The smallest absolute Gasteiger partial charge is 0.134 e. The summed E-state index contributed by atoms with van der Waals surface area (Å²) in [6.45, 7) is 6.52. The van der Waals surface area contributed by atoms with Gasteiger partial charge in [0.1, 0.15) is 23.1 Å². The molecule has 0 atom stereocenters. The van der Waals surface area contributed by atoms with Gasteiger partial charge in [0.05, 0.1) is 18.8 Å². The highest BCUT2D eigenvalue weighted by Crippen LogP contribution is 2.41. The summed E-state index contributed by atoms with van der Waals surface area (Å²) >= 11 is 0. The minimum atomic E-state index is -0.638. The van der Waals surface area contributed by atoms with Crippen LogP contribution in [0.15, 0.2) is 30.3 Å². The van der Waals surface area contributed by atoms with E-state index in [9.17, 15) is 8.78 Å². The van der Waals surface area contributed by atoms with Crippen molar-refractivity contribution in [3.05, 3.63) is 47.5 Å². The fraction of sp³-hybridized carbons (Fsp3) is 0.294. The lowest BCUT2D eigenvalue weighted by Crippen LogP contribution is -2.01. The van der Waals surface area contributed by atoms with Gasteiger partial charge in [-0.05, 0) is 50.6 Å². The van der Waals surface area contributed by atoms with Gasteiger partial charge in [0.25, 0.3) is 0 Å².